The van der Waals surface area contributed by atoms with Gasteiger partial charge in [-0.2, -0.15) is 0 Å². The molecule has 1 aliphatic rings. The molecule has 2 heterocycles. The van der Waals surface area contributed by atoms with Gasteiger partial charge in [-0.3, -0.25) is 4.79 Å². The van der Waals surface area contributed by atoms with Gasteiger partial charge in [0.25, 0.3) is 9.05 Å². The molecule has 0 unspecified atom stereocenters. The Morgan fingerprint density at radius 2 is 2.15 bits per heavy atom. The molecule has 4 nitrogen and oxygen atoms in total. The summed E-state index contributed by atoms with van der Waals surface area (Å²) in [4.78, 5) is 14.9. The number of nitrogens with zero attached hydrogens (tertiary/aromatic N) is 1. The van der Waals surface area contributed by atoms with Crippen molar-refractivity contribution in [2.75, 3.05) is 13.1 Å². The summed E-state index contributed by atoms with van der Waals surface area (Å²) >= 11 is 1.06. The average Bonchev–Trinajstić information content (AvgIpc) is 2.75. The molecule has 1 fully saturated rings. The number of carbonyl (C=O) groups excluding carboxylic acids is 1. The Bertz CT molecular complexity index is 607. The minimum atomic E-state index is -3.70. The number of hydrogen-bond acceptors (Lipinski definition) is 4. The monoisotopic (exact) mass is 335 g/mol. The van der Waals surface area contributed by atoms with E-state index in [1.54, 1.807) is 6.07 Å². The fourth-order valence-electron chi connectivity index (χ4n) is 2.48. The van der Waals surface area contributed by atoms with Gasteiger partial charge >= 0.3 is 0 Å². The van der Waals surface area contributed by atoms with Crippen molar-refractivity contribution in [3.63, 3.8) is 0 Å². The van der Waals surface area contributed by atoms with E-state index in [-0.39, 0.29) is 22.0 Å². The highest BCUT2D eigenvalue weighted by molar-refractivity contribution is 8.15. The average molecular weight is 336 g/mol. The van der Waals surface area contributed by atoms with E-state index in [0.29, 0.717) is 0 Å². The maximum atomic E-state index is 12.3. The van der Waals surface area contributed by atoms with E-state index in [1.807, 2.05) is 4.90 Å². The number of hydrogen-bond donors (Lipinski definition) is 0. The summed E-state index contributed by atoms with van der Waals surface area (Å²) in [6.07, 6.45) is 2.39. The molecule has 112 valence electrons. The lowest BCUT2D eigenvalue weighted by Gasteiger charge is -2.38. The van der Waals surface area contributed by atoms with Crippen LogP contribution in [0.5, 0.6) is 0 Å². The van der Waals surface area contributed by atoms with Crippen molar-refractivity contribution in [3.05, 3.63) is 17.0 Å². The van der Waals surface area contributed by atoms with Gasteiger partial charge in [-0.1, -0.05) is 13.8 Å². The summed E-state index contributed by atoms with van der Waals surface area (Å²) in [5.74, 6) is 0.0538. The highest BCUT2D eigenvalue weighted by Crippen LogP contribution is 2.30. The first-order chi connectivity index (χ1) is 9.17. The molecule has 7 heteroatoms. The van der Waals surface area contributed by atoms with Crippen LogP contribution in [-0.4, -0.2) is 32.3 Å². The molecule has 0 N–H and O–H groups in total. The Morgan fingerprint density at radius 3 is 2.70 bits per heavy atom. The second kappa shape index (κ2) is 5.66. The lowest BCUT2D eigenvalue weighted by molar-refractivity contribution is -0.133. The Kier molecular flexibility index (Phi) is 4.47. The maximum Gasteiger partial charge on any atom is 0.270 e. The minimum absolute atomic E-state index is 0.0538. The van der Waals surface area contributed by atoms with Gasteiger partial charge in [0.2, 0.25) is 5.91 Å². The SMILES string of the molecule is CC1(C)CCCN(C(=O)Cc2ccc(S(=O)(=O)Cl)s2)C1. The van der Waals surface area contributed by atoms with Crippen LogP contribution in [0.25, 0.3) is 0 Å². The molecule has 1 aromatic rings. The number of piperidine rings is 1. The molecule has 2 rings (SSSR count). The van der Waals surface area contributed by atoms with Gasteiger partial charge in [-0.25, -0.2) is 8.42 Å². The van der Waals surface area contributed by atoms with E-state index >= 15 is 0 Å². The van der Waals surface area contributed by atoms with Crippen molar-refractivity contribution in [2.24, 2.45) is 5.41 Å². The van der Waals surface area contributed by atoms with Crippen LogP contribution in [0.4, 0.5) is 0 Å². The van der Waals surface area contributed by atoms with Crippen molar-refractivity contribution in [2.45, 2.75) is 37.3 Å². The molecule has 0 aliphatic carbocycles. The number of thiophene rings is 1. The molecule has 0 saturated carbocycles. The first-order valence-electron chi connectivity index (χ1n) is 6.49. The second-order valence-corrected chi connectivity index (χ2v) is 9.88. The topological polar surface area (TPSA) is 54.5 Å². The predicted octanol–water partition coefficient (Wildman–Crippen LogP) is 2.87. The minimum Gasteiger partial charge on any atom is -0.342 e. The molecular weight excluding hydrogens is 318 g/mol. The van der Waals surface area contributed by atoms with Gasteiger partial charge in [-0.15, -0.1) is 11.3 Å². The van der Waals surface area contributed by atoms with E-state index in [4.69, 9.17) is 10.7 Å². The highest BCUT2D eigenvalue weighted by atomic mass is 35.7. The third kappa shape index (κ3) is 3.96. The van der Waals surface area contributed by atoms with Gasteiger partial charge in [-0.05, 0) is 30.4 Å². The largest absolute Gasteiger partial charge is 0.342 e. The van der Waals surface area contributed by atoms with Crippen LogP contribution < -0.4 is 0 Å². The van der Waals surface area contributed by atoms with Gasteiger partial charge < -0.3 is 4.90 Å². The van der Waals surface area contributed by atoms with Crippen molar-refractivity contribution in [1.82, 2.24) is 4.90 Å². The summed E-state index contributed by atoms with van der Waals surface area (Å²) in [5.41, 5.74) is 0.161. The lowest BCUT2D eigenvalue weighted by atomic mass is 9.84. The Hall–Kier alpha value is -0.590. The van der Waals surface area contributed by atoms with Crippen molar-refractivity contribution >= 4 is 37.0 Å². The van der Waals surface area contributed by atoms with Crippen LogP contribution in [0.2, 0.25) is 0 Å². The molecule has 1 aromatic heterocycles. The fraction of sp³-hybridized carbons (Fsp3) is 0.615. The Labute approximate surface area is 128 Å². The summed E-state index contributed by atoms with van der Waals surface area (Å²) in [6, 6.07) is 3.11. The van der Waals surface area contributed by atoms with E-state index in [9.17, 15) is 13.2 Å². The molecule has 0 atom stereocenters. The van der Waals surface area contributed by atoms with E-state index in [1.165, 1.54) is 6.07 Å². The molecule has 1 saturated heterocycles. The van der Waals surface area contributed by atoms with Crippen LogP contribution in [0.3, 0.4) is 0 Å². The maximum absolute atomic E-state index is 12.3. The number of rotatable bonds is 3. The summed E-state index contributed by atoms with van der Waals surface area (Å²) in [5, 5.41) is 0. The molecule has 0 radical (unpaired) electrons. The zero-order valence-electron chi connectivity index (χ0n) is 11.6. The molecule has 0 bridgehead atoms. The number of likely N-dealkylation sites (tertiary alicyclic amines) is 1. The van der Waals surface area contributed by atoms with Crippen molar-refractivity contribution < 1.29 is 13.2 Å². The number of carbonyl (C=O) groups is 1. The first kappa shape index (κ1) is 15.8. The Morgan fingerprint density at radius 1 is 1.45 bits per heavy atom. The van der Waals surface area contributed by atoms with Gasteiger partial charge in [0, 0.05) is 28.6 Å². The zero-order valence-corrected chi connectivity index (χ0v) is 13.9. The van der Waals surface area contributed by atoms with Crippen LogP contribution in [0, 0.1) is 5.41 Å². The normalized spacial score (nSPS) is 19.1. The van der Waals surface area contributed by atoms with Crippen molar-refractivity contribution in [3.8, 4) is 0 Å². The third-order valence-corrected chi connectivity index (χ3v) is 6.63. The van der Waals surface area contributed by atoms with Gasteiger partial charge in [0.1, 0.15) is 4.21 Å². The number of halogens is 1. The van der Waals surface area contributed by atoms with Gasteiger partial charge in [0.05, 0.1) is 6.42 Å². The second-order valence-electron chi connectivity index (χ2n) is 5.92. The zero-order chi connectivity index (χ0) is 15.0. The third-order valence-electron chi connectivity index (χ3n) is 3.46. The summed E-state index contributed by atoms with van der Waals surface area (Å²) in [7, 11) is 1.59. The fourth-order valence-corrected chi connectivity index (χ4v) is 4.60. The van der Waals surface area contributed by atoms with E-state index in [2.05, 4.69) is 13.8 Å². The summed E-state index contributed by atoms with van der Waals surface area (Å²) < 4.78 is 22.5. The molecular formula is C13H18ClNO3S2. The van der Waals surface area contributed by atoms with Crippen LogP contribution >= 0.6 is 22.0 Å². The molecule has 1 aliphatic heterocycles. The smallest absolute Gasteiger partial charge is 0.270 e. The van der Waals surface area contributed by atoms with Gasteiger partial charge in [0.15, 0.2) is 0 Å². The van der Waals surface area contributed by atoms with E-state index < -0.39 is 9.05 Å². The van der Waals surface area contributed by atoms with Crippen LogP contribution in [0.15, 0.2) is 16.3 Å². The first-order valence-corrected chi connectivity index (χ1v) is 9.61. The predicted molar refractivity (Wildman–Crippen MR) is 80.7 cm³/mol. The quantitative estimate of drug-likeness (QED) is 0.798. The molecule has 0 aromatic carbocycles. The summed E-state index contributed by atoms with van der Waals surface area (Å²) in [6.45, 7) is 5.87. The standard InChI is InChI=1S/C13H18ClNO3S2/c1-13(2)6-3-7-15(9-13)11(16)8-10-4-5-12(19-10)20(14,17)18/h4-5H,3,6-9H2,1-2H3. The van der Waals surface area contributed by atoms with Crippen LogP contribution in [-0.2, 0) is 20.3 Å². The van der Waals surface area contributed by atoms with Crippen molar-refractivity contribution in [1.29, 1.82) is 0 Å². The molecule has 20 heavy (non-hydrogen) atoms. The molecule has 0 spiro atoms. The lowest BCUT2D eigenvalue weighted by Crippen LogP contribution is -2.44. The Balaban J connectivity index is 2.03. The number of amides is 1. The van der Waals surface area contributed by atoms with E-state index in [0.717, 1.165) is 42.1 Å². The van der Waals surface area contributed by atoms with Crippen LogP contribution in [0.1, 0.15) is 31.6 Å². The highest BCUT2D eigenvalue weighted by Gasteiger charge is 2.29. The molecule has 1 amide bonds.